The molecule has 0 saturated heterocycles. The van der Waals surface area contributed by atoms with Crippen molar-refractivity contribution in [2.45, 2.75) is 11.8 Å². The van der Waals surface area contributed by atoms with Gasteiger partial charge in [0.1, 0.15) is 11.5 Å². The van der Waals surface area contributed by atoms with Crippen molar-refractivity contribution in [3.8, 4) is 0 Å². The van der Waals surface area contributed by atoms with E-state index >= 15 is 0 Å². The molecule has 0 fully saturated rings. The number of nitrogens with two attached hydrogens (primary N) is 1. The fourth-order valence-corrected chi connectivity index (χ4v) is 3.20. The summed E-state index contributed by atoms with van der Waals surface area (Å²) >= 11 is 0. The highest BCUT2D eigenvalue weighted by Gasteiger charge is 2.39. The standard InChI is InChI=1S/C19H16FNO7S/c1-26-19(23)13-6-4-12(5-7-13)16-15(22)17(18(21)27-16)28-29(24,25)10-11-2-8-14(20)9-3-11/h2-9,16H,10,21H2,1H3/i10D2,16D. The number of rotatable bonds is 6. The van der Waals surface area contributed by atoms with Gasteiger partial charge in [0, 0.05) is 5.56 Å². The molecule has 0 saturated carbocycles. The van der Waals surface area contributed by atoms with Crippen molar-refractivity contribution in [3.63, 3.8) is 0 Å². The molecule has 10 heteroatoms. The van der Waals surface area contributed by atoms with Gasteiger partial charge in [0.15, 0.2) is 6.08 Å². The predicted octanol–water partition coefficient (Wildman–Crippen LogP) is 1.93. The molecule has 0 aliphatic carbocycles. The van der Waals surface area contributed by atoms with Gasteiger partial charge < -0.3 is 19.4 Å². The van der Waals surface area contributed by atoms with Gasteiger partial charge in [-0.25, -0.2) is 9.18 Å². The van der Waals surface area contributed by atoms with Crippen LogP contribution in [0.3, 0.4) is 0 Å². The Morgan fingerprint density at radius 3 is 2.45 bits per heavy atom. The average Bonchev–Trinajstić information content (AvgIpc) is 2.97. The van der Waals surface area contributed by atoms with Crippen LogP contribution in [0.15, 0.2) is 60.2 Å². The van der Waals surface area contributed by atoms with E-state index in [9.17, 15) is 22.4 Å². The molecular formula is C19H16FNO7S. The topological polar surface area (TPSA) is 122 Å². The Morgan fingerprint density at radius 2 is 1.86 bits per heavy atom. The van der Waals surface area contributed by atoms with Gasteiger partial charge in [-0.1, -0.05) is 24.3 Å². The van der Waals surface area contributed by atoms with Crippen molar-refractivity contribution >= 4 is 21.9 Å². The molecule has 0 bridgehead atoms. The maximum Gasteiger partial charge on any atom is 0.337 e. The van der Waals surface area contributed by atoms with Crippen molar-refractivity contribution in [1.82, 2.24) is 0 Å². The van der Waals surface area contributed by atoms with Crippen LogP contribution in [0, 0.1) is 5.82 Å². The summed E-state index contributed by atoms with van der Waals surface area (Å²) in [4.78, 5) is 24.3. The molecule has 1 aliphatic heterocycles. The van der Waals surface area contributed by atoms with E-state index in [1.54, 1.807) is 0 Å². The van der Waals surface area contributed by atoms with Gasteiger partial charge in [-0.3, -0.25) is 4.79 Å². The first-order chi connectivity index (χ1) is 14.8. The molecule has 152 valence electrons. The van der Waals surface area contributed by atoms with E-state index in [-0.39, 0.29) is 11.1 Å². The fourth-order valence-electron chi connectivity index (χ4n) is 2.35. The minimum Gasteiger partial charge on any atom is -0.465 e. The number of Topliss-reactive ketones (excluding diaryl/α,β-unsaturated/α-hetero) is 1. The molecule has 8 nitrogen and oxygen atoms in total. The molecular weight excluding hydrogens is 405 g/mol. The van der Waals surface area contributed by atoms with E-state index in [4.69, 9.17) is 14.6 Å². The monoisotopic (exact) mass is 424 g/mol. The van der Waals surface area contributed by atoms with Gasteiger partial charge in [-0.15, -0.1) is 0 Å². The summed E-state index contributed by atoms with van der Waals surface area (Å²) in [6.07, 6.45) is -2.54. The van der Waals surface area contributed by atoms with Crippen LogP contribution in [0.1, 0.15) is 31.7 Å². The van der Waals surface area contributed by atoms with Crippen LogP contribution in [-0.2, 0) is 34.3 Å². The number of halogens is 1. The van der Waals surface area contributed by atoms with Crippen LogP contribution in [0.2, 0.25) is 0 Å². The van der Waals surface area contributed by atoms with Crippen LogP contribution < -0.4 is 5.73 Å². The molecule has 1 aliphatic rings. The molecule has 0 amide bonds. The second kappa shape index (κ2) is 7.92. The summed E-state index contributed by atoms with van der Waals surface area (Å²) in [5, 5.41) is 0. The second-order valence-corrected chi connectivity index (χ2v) is 6.95. The van der Waals surface area contributed by atoms with Crippen LogP contribution >= 0.6 is 0 Å². The Kier molecular flexibility index (Phi) is 4.52. The van der Waals surface area contributed by atoms with E-state index in [2.05, 4.69) is 8.92 Å². The first-order valence-electron chi connectivity index (χ1n) is 9.46. The molecule has 2 aromatic carbocycles. The molecule has 2 aromatic rings. The zero-order chi connectivity index (χ0) is 23.9. The summed E-state index contributed by atoms with van der Waals surface area (Å²) in [5.41, 5.74) is 1.94. The van der Waals surface area contributed by atoms with Crippen LogP contribution in [0.5, 0.6) is 0 Å². The number of esters is 1. The first-order valence-corrected chi connectivity index (χ1v) is 9.37. The molecule has 0 aromatic heterocycles. The Morgan fingerprint density at radius 1 is 1.24 bits per heavy atom. The third kappa shape index (κ3) is 4.54. The predicted molar refractivity (Wildman–Crippen MR) is 97.9 cm³/mol. The van der Waals surface area contributed by atoms with Crippen LogP contribution in [0.25, 0.3) is 0 Å². The molecule has 29 heavy (non-hydrogen) atoms. The maximum absolute atomic E-state index is 13.1. The molecule has 3 rings (SSSR count). The fraction of sp³-hybridized carbons (Fsp3) is 0.158. The molecule has 2 N–H and O–H groups in total. The smallest absolute Gasteiger partial charge is 0.337 e. The number of benzene rings is 2. The molecule has 1 atom stereocenters. The lowest BCUT2D eigenvalue weighted by Gasteiger charge is -2.10. The SMILES string of the molecule is [2H]C1(c2ccc(C(=O)OC)cc2)OC(N)=C(OS(=O)(=O)C([2H])([2H])c2ccc(F)cc2)C1=O. The van der Waals surface area contributed by atoms with E-state index in [1.807, 2.05) is 0 Å². The van der Waals surface area contributed by atoms with Crippen molar-refractivity contribution in [1.29, 1.82) is 0 Å². The zero-order valence-corrected chi connectivity index (χ0v) is 15.7. The van der Waals surface area contributed by atoms with Gasteiger partial charge in [-0.05, 0) is 29.8 Å². The van der Waals surface area contributed by atoms with Crippen molar-refractivity contribution in [3.05, 3.63) is 82.7 Å². The Balaban J connectivity index is 1.89. The number of ketones is 1. The lowest BCUT2D eigenvalue weighted by Crippen LogP contribution is -2.16. The average molecular weight is 424 g/mol. The van der Waals surface area contributed by atoms with E-state index in [1.165, 1.54) is 31.4 Å². The van der Waals surface area contributed by atoms with Crippen LogP contribution in [-0.4, -0.2) is 27.3 Å². The minimum atomic E-state index is -5.20. The molecule has 1 unspecified atom stereocenters. The lowest BCUT2D eigenvalue weighted by atomic mass is 10.0. The quantitative estimate of drug-likeness (QED) is 0.551. The number of ether oxygens (including phenoxy) is 2. The normalized spacial score (nSPS) is 21.0. The Bertz CT molecular complexity index is 1210. The minimum absolute atomic E-state index is 0.101. The van der Waals surface area contributed by atoms with Crippen molar-refractivity contribution in [2.75, 3.05) is 7.11 Å². The number of carbonyl (C=O) groups excluding carboxylic acids is 2. The van der Waals surface area contributed by atoms with Gasteiger partial charge in [-0.2, -0.15) is 8.42 Å². The summed E-state index contributed by atoms with van der Waals surface area (Å²) < 4.78 is 76.7. The lowest BCUT2D eigenvalue weighted by molar-refractivity contribution is -0.123. The van der Waals surface area contributed by atoms with Gasteiger partial charge in [0.25, 0.3) is 0 Å². The molecule has 1 heterocycles. The van der Waals surface area contributed by atoms with Gasteiger partial charge in [0.05, 0.1) is 16.8 Å². The number of carbonyl (C=O) groups is 2. The summed E-state index contributed by atoms with van der Waals surface area (Å²) in [5.74, 6) is -4.61. The number of hydrogen-bond acceptors (Lipinski definition) is 8. The van der Waals surface area contributed by atoms with Crippen molar-refractivity contribution in [2.24, 2.45) is 5.73 Å². The van der Waals surface area contributed by atoms with Crippen molar-refractivity contribution < 1.29 is 40.2 Å². The number of hydrogen-bond donors (Lipinski definition) is 1. The van der Waals surface area contributed by atoms with E-state index in [0.29, 0.717) is 0 Å². The highest BCUT2D eigenvalue weighted by Crippen LogP contribution is 2.32. The number of methoxy groups -OCH3 is 1. The Labute approximate surface area is 170 Å². The van der Waals surface area contributed by atoms with Crippen LogP contribution in [0.4, 0.5) is 4.39 Å². The zero-order valence-electron chi connectivity index (χ0n) is 17.8. The molecule has 0 spiro atoms. The Hall–Kier alpha value is -3.40. The van der Waals surface area contributed by atoms with Gasteiger partial charge >= 0.3 is 16.1 Å². The summed E-state index contributed by atoms with van der Waals surface area (Å²) in [7, 11) is -4.03. The van der Waals surface area contributed by atoms with Gasteiger partial charge in [0.2, 0.25) is 17.4 Å². The largest absolute Gasteiger partial charge is 0.465 e. The van der Waals surface area contributed by atoms with E-state index < -0.39 is 56.7 Å². The highest BCUT2D eigenvalue weighted by atomic mass is 32.2. The third-order valence-electron chi connectivity index (χ3n) is 3.70. The summed E-state index contributed by atoms with van der Waals surface area (Å²) in [6, 6.07) is 8.44. The maximum atomic E-state index is 13.1. The summed E-state index contributed by atoms with van der Waals surface area (Å²) in [6.45, 7) is 0. The molecule has 0 radical (unpaired) electrons. The third-order valence-corrected chi connectivity index (χ3v) is 4.57. The second-order valence-electron chi connectivity index (χ2n) is 5.67. The highest BCUT2D eigenvalue weighted by molar-refractivity contribution is 7.86. The van der Waals surface area contributed by atoms with E-state index in [0.717, 1.165) is 24.3 Å². The first kappa shape index (κ1) is 16.5.